The van der Waals surface area contributed by atoms with Crippen molar-refractivity contribution in [2.24, 2.45) is 0 Å². The van der Waals surface area contributed by atoms with Crippen LogP contribution in [-0.4, -0.2) is 25.3 Å². The van der Waals surface area contributed by atoms with Crippen molar-refractivity contribution in [3.8, 4) is 11.5 Å². The van der Waals surface area contributed by atoms with Gasteiger partial charge in [0.05, 0.1) is 16.7 Å². The minimum Gasteiger partial charge on any atom is -0.455 e. The smallest absolute Gasteiger partial charge is 0.225 e. The Labute approximate surface area is 160 Å². The Morgan fingerprint density at radius 3 is 2.59 bits per heavy atom. The highest BCUT2D eigenvalue weighted by atomic mass is 32.2. The van der Waals surface area contributed by atoms with E-state index in [1.165, 1.54) is 0 Å². The van der Waals surface area contributed by atoms with Gasteiger partial charge in [0.15, 0.2) is 15.6 Å². The van der Waals surface area contributed by atoms with E-state index in [1.54, 1.807) is 18.2 Å². The monoisotopic (exact) mass is 387 g/mol. The average Bonchev–Trinajstić information content (AvgIpc) is 3.18. The average molecular weight is 388 g/mol. The Bertz CT molecular complexity index is 902. The first-order valence-electron chi connectivity index (χ1n) is 9.29. The Balaban J connectivity index is 1.62. The van der Waals surface area contributed by atoms with Crippen LogP contribution in [0.3, 0.4) is 0 Å². The molecule has 144 valence electrons. The van der Waals surface area contributed by atoms with Crippen LogP contribution in [-0.2, 0) is 14.6 Å². The SMILES string of the molecule is Cc1cccc(Oc2ccccc2NC(=O)CCS(=O)(=O)C2CCCC2)c1. The molecular formula is C21H25NO4S. The molecule has 0 unspecified atom stereocenters. The Morgan fingerprint density at radius 2 is 1.85 bits per heavy atom. The van der Waals surface area contributed by atoms with Crippen molar-refractivity contribution in [2.75, 3.05) is 11.1 Å². The summed E-state index contributed by atoms with van der Waals surface area (Å²) in [4.78, 5) is 12.3. The molecule has 2 aromatic carbocycles. The summed E-state index contributed by atoms with van der Waals surface area (Å²) < 4.78 is 30.5. The number of ether oxygens (including phenoxy) is 1. The fourth-order valence-electron chi connectivity index (χ4n) is 3.33. The molecule has 0 bridgehead atoms. The lowest BCUT2D eigenvalue weighted by atomic mass is 10.2. The Hall–Kier alpha value is -2.34. The van der Waals surface area contributed by atoms with Gasteiger partial charge in [0.1, 0.15) is 5.75 Å². The van der Waals surface area contributed by atoms with E-state index in [0.29, 0.717) is 17.2 Å². The molecule has 0 spiro atoms. The van der Waals surface area contributed by atoms with Gasteiger partial charge in [-0.2, -0.15) is 0 Å². The van der Waals surface area contributed by atoms with Gasteiger partial charge < -0.3 is 10.1 Å². The number of aryl methyl sites for hydroxylation is 1. The molecule has 6 heteroatoms. The summed E-state index contributed by atoms with van der Waals surface area (Å²) in [5, 5.41) is 2.50. The van der Waals surface area contributed by atoms with Crippen LogP contribution in [0.15, 0.2) is 48.5 Å². The third-order valence-corrected chi connectivity index (χ3v) is 7.06. The molecule has 0 aromatic heterocycles. The third kappa shape index (κ3) is 5.32. The van der Waals surface area contributed by atoms with Crippen molar-refractivity contribution in [3.05, 3.63) is 54.1 Å². The predicted molar refractivity (Wildman–Crippen MR) is 107 cm³/mol. The first kappa shape index (κ1) is 19.4. The van der Waals surface area contributed by atoms with Crippen LogP contribution in [0.5, 0.6) is 11.5 Å². The topological polar surface area (TPSA) is 72.5 Å². The molecule has 0 saturated heterocycles. The molecule has 1 saturated carbocycles. The van der Waals surface area contributed by atoms with Crippen LogP contribution < -0.4 is 10.1 Å². The van der Waals surface area contributed by atoms with Gasteiger partial charge in [-0.1, -0.05) is 37.1 Å². The normalized spacial score (nSPS) is 14.9. The molecule has 1 aliphatic rings. The van der Waals surface area contributed by atoms with E-state index in [0.717, 1.165) is 31.2 Å². The summed E-state index contributed by atoms with van der Waals surface area (Å²) >= 11 is 0. The van der Waals surface area contributed by atoms with Crippen LogP contribution in [0.25, 0.3) is 0 Å². The number of hydrogen-bond acceptors (Lipinski definition) is 4. The van der Waals surface area contributed by atoms with Crippen molar-refractivity contribution in [1.29, 1.82) is 0 Å². The summed E-state index contributed by atoms with van der Waals surface area (Å²) in [6.07, 6.45) is 3.31. The van der Waals surface area contributed by atoms with Gasteiger partial charge in [-0.25, -0.2) is 8.42 Å². The summed E-state index contributed by atoms with van der Waals surface area (Å²) in [6.45, 7) is 1.98. The lowest BCUT2D eigenvalue weighted by Gasteiger charge is -2.13. The lowest BCUT2D eigenvalue weighted by Crippen LogP contribution is -2.24. The van der Waals surface area contributed by atoms with Crippen LogP contribution >= 0.6 is 0 Å². The van der Waals surface area contributed by atoms with Crippen molar-refractivity contribution in [3.63, 3.8) is 0 Å². The highest BCUT2D eigenvalue weighted by molar-refractivity contribution is 7.92. The fourth-order valence-corrected chi connectivity index (χ4v) is 5.18. The summed E-state index contributed by atoms with van der Waals surface area (Å²) in [7, 11) is -3.20. The second-order valence-electron chi connectivity index (χ2n) is 6.99. The van der Waals surface area contributed by atoms with Crippen molar-refractivity contribution in [1.82, 2.24) is 0 Å². The van der Waals surface area contributed by atoms with Gasteiger partial charge in [0, 0.05) is 6.42 Å². The molecule has 1 amide bonds. The number of anilines is 1. The molecule has 1 aliphatic carbocycles. The summed E-state index contributed by atoms with van der Waals surface area (Å²) in [6, 6.07) is 14.8. The maximum Gasteiger partial charge on any atom is 0.225 e. The molecule has 3 rings (SSSR count). The number of hydrogen-bond donors (Lipinski definition) is 1. The third-order valence-electron chi connectivity index (χ3n) is 4.80. The van der Waals surface area contributed by atoms with E-state index < -0.39 is 9.84 Å². The zero-order chi connectivity index (χ0) is 19.3. The van der Waals surface area contributed by atoms with E-state index in [4.69, 9.17) is 4.74 Å². The Kier molecular flexibility index (Phi) is 6.16. The zero-order valence-corrected chi connectivity index (χ0v) is 16.3. The van der Waals surface area contributed by atoms with E-state index in [2.05, 4.69) is 5.32 Å². The van der Waals surface area contributed by atoms with E-state index >= 15 is 0 Å². The maximum absolute atomic E-state index is 12.3. The number of carbonyl (C=O) groups excluding carboxylic acids is 1. The standard InChI is InChI=1S/C21H25NO4S/c1-16-7-6-8-17(15-16)26-20-12-5-4-11-19(20)22-21(23)13-14-27(24,25)18-9-2-3-10-18/h4-8,11-12,15,18H,2-3,9-10,13-14H2,1H3,(H,22,23). The zero-order valence-electron chi connectivity index (χ0n) is 15.5. The van der Waals surface area contributed by atoms with Gasteiger partial charge >= 0.3 is 0 Å². The van der Waals surface area contributed by atoms with Crippen LogP contribution in [0.4, 0.5) is 5.69 Å². The molecule has 1 N–H and O–H groups in total. The minimum atomic E-state index is -3.20. The van der Waals surface area contributed by atoms with Crippen LogP contribution in [0.2, 0.25) is 0 Å². The molecule has 1 fully saturated rings. The molecule has 0 radical (unpaired) electrons. The van der Waals surface area contributed by atoms with Crippen molar-refractivity contribution in [2.45, 2.75) is 44.3 Å². The van der Waals surface area contributed by atoms with E-state index in [1.807, 2.05) is 37.3 Å². The molecule has 0 atom stereocenters. The predicted octanol–water partition coefficient (Wildman–Crippen LogP) is 4.47. The van der Waals surface area contributed by atoms with E-state index in [-0.39, 0.29) is 23.3 Å². The first-order valence-corrected chi connectivity index (χ1v) is 11.0. The molecule has 2 aromatic rings. The van der Waals surface area contributed by atoms with Gasteiger partial charge in [-0.15, -0.1) is 0 Å². The minimum absolute atomic E-state index is 0.0440. The number of nitrogens with one attached hydrogen (secondary N) is 1. The Morgan fingerprint density at radius 1 is 1.11 bits per heavy atom. The maximum atomic E-state index is 12.3. The molecular weight excluding hydrogens is 362 g/mol. The van der Waals surface area contributed by atoms with Crippen LogP contribution in [0, 0.1) is 6.92 Å². The molecule has 0 heterocycles. The highest BCUT2D eigenvalue weighted by Gasteiger charge is 2.28. The van der Waals surface area contributed by atoms with E-state index in [9.17, 15) is 13.2 Å². The molecule has 27 heavy (non-hydrogen) atoms. The van der Waals surface area contributed by atoms with Crippen LogP contribution in [0.1, 0.15) is 37.7 Å². The number of para-hydroxylation sites is 2. The first-order chi connectivity index (χ1) is 12.9. The number of amides is 1. The highest BCUT2D eigenvalue weighted by Crippen LogP contribution is 2.30. The number of carbonyl (C=O) groups is 1. The van der Waals surface area contributed by atoms with Gasteiger partial charge in [-0.05, 0) is 49.6 Å². The van der Waals surface area contributed by atoms with Gasteiger partial charge in [-0.3, -0.25) is 4.79 Å². The van der Waals surface area contributed by atoms with Gasteiger partial charge in [0.25, 0.3) is 0 Å². The van der Waals surface area contributed by atoms with Crippen molar-refractivity contribution >= 4 is 21.4 Å². The number of rotatable bonds is 7. The van der Waals surface area contributed by atoms with Crippen molar-refractivity contribution < 1.29 is 17.9 Å². The molecule has 5 nitrogen and oxygen atoms in total. The second kappa shape index (κ2) is 8.57. The largest absolute Gasteiger partial charge is 0.455 e. The fraction of sp³-hybridized carbons (Fsp3) is 0.381. The summed E-state index contributed by atoms with van der Waals surface area (Å²) in [5.41, 5.74) is 1.61. The number of benzene rings is 2. The summed E-state index contributed by atoms with van der Waals surface area (Å²) in [5.74, 6) is 0.775. The number of sulfone groups is 1. The lowest BCUT2D eigenvalue weighted by molar-refractivity contribution is -0.115. The quantitative estimate of drug-likeness (QED) is 0.761. The molecule has 0 aliphatic heterocycles. The van der Waals surface area contributed by atoms with Gasteiger partial charge in [0.2, 0.25) is 5.91 Å². The second-order valence-corrected chi connectivity index (χ2v) is 9.39.